The van der Waals surface area contributed by atoms with Crippen molar-refractivity contribution in [1.82, 2.24) is 5.32 Å². The molecule has 0 aromatic heterocycles. The summed E-state index contributed by atoms with van der Waals surface area (Å²) in [5, 5.41) is 23.3. The summed E-state index contributed by atoms with van der Waals surface area (Å²) in [6.07, 6.45) is 0. The van der Waals surface area contributed by atoms with E-state index < -0.39 is 23.1 Å². The quantitative estimate of drug-likeness (QED) is 0.500. The van der Waals surface area contributed by atoms with Crippen LogP contribution in [0, 0.1) is 11.1 Å². The van der Waals surface area contributed by atoms with Crippen molar-refractivity contribution in [2.75, 3.05) is 13.7 Å². The third kappa shape index (κ3) is 4.41. The number of carbonyl (C=O) groups excluding carboxylic acids is 2. The number of methoxy groups -OCH3 is 1. The minimum atomic E-state index is -1.15. The molecule has 8 heteroatoms. The lowest BCUT2D eigenvalue weighted by Crippen LogP contribution is -2.99. The van der Waals surface area contributed by atoms with Crippen molar-refractivity contribution in [3.63, 3.8) is 0 Å². The Morgan fingerprint density at radius 3 is 2.29 bits per heavy atom. The van der Waals surface area contributed by atoms with Crippen molar-refractivity contribution in [2.45, 2.75) is 33.6 Å². The Hall–Kier alpha value is -2.68. The highest BCUT2D eigenvalue weighted by molar-refractivity contribution is 6.00. The molecule has 8 nitrogen and oxygen atoms in total. The number of hydrogen-bond donors (Lipinski definition) is 3. The molecular formula is C20H26N2O6. The van der Waals surface area contributed by atoms with E-state index in [4.69, 9.17) is 9.47 Å². The average Bonchev–Trinajstić information content (AvgIpc) is 2.64. The first-order valence-corrected chi connectivity index (χ1v) is 8.95. The highest BCUT2D eigenvalue weighted by Crippen LogP contribution is 2.41. The number of nitrogens with one attached hydrogen (secondary N) is 2. The number of ether oxygens (including phenoxy) is 2. The van der Waals surface area contributed by atoms with Crippen LogP contribution in [0.5, 0.6) is 0 Å². The number of rotatable bonds is 6. The van der Waals surface area contributed by atoms with Gasteiger partial charge in [-0.25, -0.2) is 14.8 Å². The van der Waals surface area contributed by atoms with Gasteiger partial charge in [0, 0.05) is 23.0 Å². The molecule has 1 aromatic rings. The van der Waals surface area contributed by atoms with Crippen LogP contribution in [0.15, 0.2) is 46.8 Å². The van der Waals surface area contributed by atoms with Crippen LogP contribution in [0.25, 0.3) is 0 Å². The number of allylic oxidation sites excluding steroid dienone is 2. The van der Waals surface area contributed by atoms with Crippen LogP contribution < -0.4 is 10.5 Å². The first-order chi connectivity index (χ1) is 13.2. The van der Waals surface area contributed by atoms with Gasteiger partial charge in [-0.1, -0.05) is 32.0 Å². The van der Waals surface area contributed by atoms with Gasteiger partial charge < -0.3 is 20.0 Å². The zero-order valence-electron chi connectivity index (χ0n) is 16.7. The Bertz CT molecular complexity index is 826. The van der Waals surface area contributed by atoms with E-state index in [2.05, 4.69) is 5.32 Å². The Morgan fingerprint density at radius 2 is 1.75 bits per heavy atom. The molecule has 2 atom stereocenters. The van der Waals surface area contributed by atoms with Gasteiger partial charge >= 0.3 is 11.9 Å². The lowest BCUT2D eigenvalue weighted by atomic mass is 9.79. The highest BCUT2D eigenvalue weighted by Gasteiger charge is 2.39. The van der Waals surface area contributed by atoms with Crippen LogP contribution in [-0.4, -0.2) is 30.9 Å². The molecule has 1 heterocycles. The molecule has 1 aliphatic heterocycles. The van der Waals surface area contributed by atoms with Gasteiger partial charge in [-0.05, 0) is 19.8 Å². The fraction of sp³-hybridized carbons (Fsp3) is 0.400. The second-order valence-corrected chi connectivity index (χ2v) is 7.01. The number of quaternary nitrogens is 1. The van der Waals surface area contributed by atoms with E-state index in [9.17, 15) is 20.0 Å². The summed E-state index contributed by atoms with van der Waals surface area (Å²) in [4.78, 5) is 25.4. The lowest BCUT2D eigenvalue weighted by molar-refractivity contribution is -0.991. The molecule has 0 fully saturated rings. The van der Waals surface area contributed by atoms with Gasteiger partial charge in [0.05, 0.1) is 30.8 Å². The molecule has 3 N–H and O–H groups in total. The summed E-state index contributed by atoms with van der Waals surface area (Å²) in [5.74, 6) is -2.03. The Morgan fingerprint density at radius 1 is 1.18 bits per heavy atom. The summed E-state index contributed by atoms with van der Waals surface area (Å²) in [6.45, 7) is 7.41. The van der Waals surface area contributed by atoms with E-state index in [0.717, 1.165) is 0 Å². The number of benzene rings is 1. The molecule has 0 radical (unpaired) electrons. The van der Waals surface area contributed by atoms with Gasteiger partial charge in [-0.3, -0.25) is 0 Å². The monoisotopic (exact) mass is 390 g/mol. The molecule has 1 aliphatic rings. The maximum absolute atomic E-state index is 12.9. The second kappa shape index (κ2) is 9.01. The van der Waals surface area contributed by atoms with Gasteiger partial charge in [-0.15, -0.1) is 0 Å². The molecule has 1 unspecified atom stereocenters. The predicted octanol–water partition coefficient (Wildman–Crippen LogP) is 1.70. The lowest BCUT2D eigenvalue weighted by Gasteiger charge is -2.31. The van der Waals surface area contributed by atoms with E-state index in [0.29, 0.717) is 17.0 Å². The van der Waals surface area contributed by atoms with Crippen molar-refractivity contribution in [3.05, 3.63) is 57.6 Å². The minimum Gasteiger partial charge on any atom is -0.595 e. The maximum Gasteiger partial charge on any atom is 0.336 e. The number of esters is 2. The molecule has 0 saturated heterocycles. The van der Waals surface area contributed by atoms with E-state index in [1.54, 1.807) is 32.0 Å². The van der Waals surface area contributed by atoms with E-state index in [1.807, 2.05) is 13.8 Å². The van der Waals surface area contributed by atoms with Crippen molar-refractivity contribution in [2.24, 2.45) is 5.92 Å². The maximum atomic E-state index is 12.9. The summed E-state index contributed by atoms with van der Waals surface area (Å²) in [6, 6.07) is 6.30. The van der Waals surface area contributed by atoms with Crippen LogP contribution >= 0.6 is 0 Å². The molecular weight excluding hydrogens is 364 g/mol. The first-order valence-electron chi connectivity index (χ1n) is 8.95. The van der Waals surface area contributed by atoms with Gasteiger partial charge in [-0.2, -0.15) is 5.23 Å². The average molecular weight is 390 g/mol. The van der Waals surface area contributed by atoms with Crippen LogP contribution in [0.3, 0.4) is 0 Å². The third-order valence-corrected chi connectivity index (χ3v) is 4.44. The van der Waals surface area contributed by atoms with E-state index >= 15 is 0 Å². The minimum absolute atomic E-state index is 0.00515. The number of para-hydroxylation sites is 1. The SMILES string of the molecule is COC(=O)C1=C(C)NC(C)=C(C(=O)OCC(C)C)[C@@H]1c1ccccc1[NH+]([O-])O. The summed E-state index contributed by atoms with van der Waals surface area (Å²) < 4.78 is 10.3. The van der Waals surface area contributed by atoms with Crippen molar-refractivity contribution < 1.29 is 29.5 Å². The Balaban J connectivity index is 2.67. The van der Waals surface area contributed by atoms with Crippen LogP contribution in [0.4, 0.5) is 5.69 Å². The molecule has 2 rings (SSSR count). The second-order valence-electron chi connectivity index (χ2n) is 7.01. The molecule has 152 valence electrons. The highest BCUT2D eigenvalue weighted by atomic mass is 16.8. The third-order valence-electron chi connectivity index (χ3n) is 4.44. The summed E-state index contributed by atoms with van der Waals surface area (Å²) in [7, 11) is 1.24. The fourth-order valence-electron chi connectivity index (χ4n) is 3.22. The van der Waals surface area contributed by atoms with Crippen LogP contribution in [0.2, 0.25) is 0 Å². The predicted molar refractivity (Wildman–Crippen MR) is 101 cm³/mol. The largest absolute Gasteiger partial charge is 0.595 e. The molecule has 0 amide bonds. The van der Waals surface area contributed by atoms with Gasteiger partial charge in [0.25, 0.3) is 0 Å². The molecule has 1 aromatic carbocycles. The smallest absolute Gasteiger partial charge is 0.336 e. The standard InChI is InChI=1S/C20H26N2O6/c1-11(2)10-28-20(24)17-13(4)21-12(3)16(19(23)27-5)18(17)14-8-6-7-9-15(14)22(25)26/h6-9,11,18,21-22,25H,10H2,1-5H3/t18-/m1/s1. The van der Waals surface area contributed by atoms with E-state index in [1.165, 1.54) is 13.2 Å². The van der Waals surface area contributed by atoms with Crippen molar-refractivity contribution in [3.8, 4) is 0 Å². The number of carbonyl (C=O) groups is 2. The van der Waals surface area contributed by atoms with Gasteiger partial charge in [0.1, 0.15) is 0 Å². The molecule has 0 spiro atoms. The van der Waals surface area contributed by atoms with Gasteiger partial charge in [0.15, 0.2) is 5.69 Å². The zero-order valence-corrected chi connectivity index (χ0v) is 16.7. The van der Waals surface area contributed by atoms with Gasteiger partial charge in [0.2, 0.25) is 0 Å². The summed E-state index contributed by atoms with van der Waals surface area (Å²) in [5.41, 5.74) is 1.70. The Labute approximate surface area is 164 Å². The first kappa shape index (κ1) is 21.6. The zero-order chi connectivity index (χ0) is 21.0. The number of hydrogen-bond acceptors (Lipinski definition) is 7. The van der Waals surface area contributed by atoms with E-state index in [-0.39, 0.29) is 29.4 Å². The molecule has 28 heavy (non-hydrogen) atoms. The molecule has 0 aliphatic carbocycles. The van der Waals surface area contributed by atoms with Crippen LogP contribution in [0.1, 0.15) is 39.2 Å². The fourth-order valence-corrected chi connectivity index (χ4v) is 3.22. The topological polar surface area (TPSA) is 112 Å². The molecule has 0 saturated carbocycles. The van der Waals surface area contributed by atoms with Crippen molar-refractivity contribution in [1.29, 1.82) is 0 Å². The molecule has 0 bridgehead atoms. The normalized spacial score (nSPS) is 18.1. The number of dihydropyridines is 1. The van der Waals surface area contributed by atoms with Crippen molar-refractivity contribution >= 4 is 17.6 Å². The summed E-state index contributed by atoms with van der Waals surface area (Å²) >= 11 is 0. The Kier molecular flexibility index (Phi) is 6.95. The van der Waals surface area contributed by atoms with Crippen LogP contribution in [-0.2, 0) is 19.1 Å².